The van der Waals surface area contributed by atoms with Crippen LogP contribution in [0.25, 0.3) is 0 Å². The van der Waals surface area contributed by atoms with E-state index >= 15 is 0 Å². The second-order valence-electron chi connectivity index (χ2n) is 8.12. The van der Waals surface area contributed by atoms with E-state index in [0.29, 0.717) is 43.6 Å². The van der Waals surface area contributed by atoms with Crippen LogP contribution >= 0.6 is 0 Å². The molecule has 9 heteroatoms. The molecule has 2 rings (SSSR count). The molecule has 3 N–H and O–H groups in total. The molecule has 1 saturated carbocycles. The van der Waals surface area contributed by atoms with Gasteiger partial charge in [0, 0.05) is 19.1 Å². The minimum Gasteiger partial charge on any atom is -0.491 e. The first-order valence-electron chi connectivity index (χ1n) is 10.5. The van der Waals surface area contributed by atoms with Gasteiger partial charge < -0.3 is 25.3 Å². The molecular weight excluding hydrogens is 390 g/mol. The van der Waals surface area contributed by atoms with Crippen LogP contribution in [0.15, 0.2) is 24.3 Å². The normalized spacial score (nSPS) is 19.9. The van der Waals surface area contributed by atoms with Crippen LogP contribution in [0.3, 0.4) is 0 Å². The van der Waals surface area contributed by atoms with Crippen molar-refractivity contribution < 1.29 is 24.6 Å². The van der Waals surface area contributed by atoms with Gasteiger partial charge in [0.15, 0.2) is 0 Å². The van der Waals surface area contributed by atoms with Gasteiger partial charge in [0.25, 0.3) is 5.09 Å². The van der Waals surface area contributed by atoms with E-state index in [0.717, 1.165) is 18.4 Å². The zero-order valence-corrected chi connectivity index (χ0v) is 17.7. The van der Waals surface area contributed by atoms with Crippen molar-refractivity contribution in [3.8, 4) is 5.75 Å². The van der Waals surface area contributed by atoms with Crippen LogP contribution in [0.2, 0.25) is 0 Å². The highest BCUT2D eigenvalue weighted by atomic mass is 17.0. The van der Waals surface area contributed by atoms with Gasteiger partial charge in [-0.25, -0.2) is 0 Å². The molecular formula is C21H33N3O6. The summed E-state index contributed by atoms with van der Waals surface area (Å²) in [6.07, 6.45) is 2.28. The number of nitrogens with zero attached hydrogens (tertiary/aromatic N) is 1. The number of aliphatic hydroxyl groups excluding tert-OH is 1. The van der Waals surface area contributed by atoms with Gasteiger partial charge in [0.05, 0.1) is 6.42 Å². The number of carbonyl (C=O) groups excluding carboxylic acids is 1. The number of carbonyl (C=O) groups is 1. The number of hydrogen-bond acceptors (Lipinski definition) is 7. The molecule has 9 nitrogen and oxygen atoms in total. The van der Waals surface area contributed by atoms with Crippen molar-refractivity contribution in [2.75, 3.05) is 19.7 Å². The molecule has 0 aliphatic heterocycles. The molecule has 0 aromatic heterocycles. The molecule has 1 aliphatic rings. The molecule has 0 spiro atoms. The average molecular weight is 424 g/mol. The van der Waals surface area contributed by atoms with Gasteiger partial charge >= 0.3 is 0 Å². The number of nitrogens with one attached hydrogen (secondary N) is 2. The summed E-state index contributed by atoms with van der Waals surface area (Å²) in [5.41, 5.74) is 0.880. The van der Waals surface area contributed by atoms with Gasteiger partial charge in [-0.3, -0.25) is 4.79 Å². The SMILES string of the molecule is CC(C)NCC(O)COc1ccc(CC(=O)NCC2CCC(O[N+](=O)[O-])CC2)cc1. The first kappa shape index (κ1) is 23.9. The maximum absolute atomic E-state index is 12.2. The smallest absolute Gasteiger partial charge is 0.294 e. The van der Waals surface area contributed by atoms with Crippen LogP contribution in [0.4, 0.5) is 0 Å². The molecule has 1 amide bonds. The minimum absolute atomic E-state index is 0.0532. The number of benzene rings is 1. The van der Waals surface area contributed by atoms with Crippen LogP contribution in [0, 0.1) is 16.0 Å². The molecule has 0 radical (unpaired) electrons. The maximum Gasteiger partial charge on any atom is 0.294 e. The molecule has 1 atom stereocenters. The van der Waals surface area contributed by atoms with Crippen LogP contribution in [-0.2, 0) is 16.1 Å². The molecule has 0 heterocycles. The number of aliphatic hydroxyl groups is 1. The molecule has 1 aliphatic carbocycles. The molecule has 1 fully saturated rings. The van der Waals surface area contributed by atoms with Crippen molar-refractivity contribution in [1.82, 2.24) is 10.6 Å². The van der Waals surface area contributed by atoms with E-state index < -0.39 is 11.2 Å². The van der Waals surface area contributed by atoms with E-state index in [-0.39, 0.29) is 25.0 Å². The first-order valence-corrected chi connectivity index (χ1v) is 10.5. The Morgan fingerprint density at radius 3 is 2.50 bits per heavy atom. The fraction of sp³-hybridized carbons (Fsp3) is 0.667. The monoisotopic (exact) mass is 423 g/mol. The van der Waals surface area contributed by atoms with Gasteiger partial charge in [-0.05, 0) is 49.3 Å². The topological polar surface area (TPSA) is 123 Å². The van der Waals surface area contributed by atoms with Gasteiger partial charge in [0.2, 0.25) is 5.91 Å². The number of rotatable bonds is 12. The van der Waals surface area contributed by atoms with Crippen molar-refractivity contribution in [2.45, 2.75) is 64.2 Å². The predicted molar refractivity (Wildman–Crippen MR) is 112 cm³/mol. The Kier molecular flexibility index (Phi) is 9.82. The summed E-state index contributed by atoms with van der Waals surface area (Å²) in [6.45, 7) is 5.28. The Hall–Kier alpha value is -2.39. The Labute approximate surface area is 177 Å². The minimum atomic E-state index is -0.727. The summed E-state index contributed by atoms with van der Waals surface area (Å²) in [7, 11) is 0. The summed E-state index contributed by atoms with van der Waals surface area (Å²) in [5, 5.41) is 25.6. The van der Waals surface area contributed by atoms with Gasteiger partial charge in [0.1, 0.15) is 24.6 Å². The maximum atomic E-state index is 12.2. The highest BCUT2D eigenvalue weighted by Crippen LogP contribution is 2.25. The first-order chi connectivity index (χ1) is 14.3. The van der Waals surface area contributed by atoms with Crippen molar-refractivity contribution in [3.63, 3.8) is 0 Å². The van der Waals surface area contributed by atoms with E-state index in [4.69, 9.17) is 4.74 Å². The van der Waals surface area contributed by atoms with Gasteiger partial charge in [-0.15, -0.1) is 10.1 Å². The van der Waals surface area contributed by atoms with Crippen LogP contribution in [-0.4, -0.2) is 54.0 Å². The zero-order valence-electron chi connectivity index (χ0n) is 17.7. The summed E-state index contributed by atoms with van der Waals surface area (Å²) < 4.78 is 5.58. The molecule has 30 heavy (non-hydrogen) atoms. The summed E-state index contributed by atoms with van der Waals surface area (Å²) in [6, 6.07) is 7.58. The van der Waals surface area contributed by atoms with Crippen LogP contribution in [0.1, 0.15) is 45.1 Å². The lowest BCUT2D eigenvalue weighted by atomic mass is 9.87. The Morgan fingerprint density at radius 2 is 1.90 bits per heavy atom. The largest absolute Gasteiger partial charge is 0.491 e. The highest BCUT2D eigenvalue weighted by molar-refractivity contribution is 5.78. The lowest BCUT2D eigenvalue weighted by Crippen LogP contribution is -2.35. The van der Waals surface area contributed by atoms with Crippen LogP contribution < -0.4 is 15.4 Å². The third-order valence-corrected chi connectivity index (χ3v) is 5.11. The van der Waals surface area contributed by atoms with E-state index in [1.54, 1.807) is 12.1 Å². The Morgan fingerprint density at radius 1 is 1.23 bits per heavy atom. The third kappa shape index (κ3) is 9.41. The zero-order chi connectivity index (χ0) is 21.9. The number of hydrogen-bond donors (Lipinski definition) is 3. The second-order valence-corrected chi connectivity index (χ2v) is 8.12. The van der Waals surface area contributed by atoms with Gasteiger partial charge in [-0.1, -0.05) is 26.0 Å². The fourth-order valence-electron chi connectivity index (χ4n) is 3.40. The number of ether oxygens (including phenoxy) is 1. The molecule has 1 aromatic rings. The van der Waals surface area contributed by atoms with E-state index in [1.165, 1.54) is 0 Å². The highest BCUT2D eigenvalue weighted by Gasteiger charge is 2.23. The third-order valence-electron chi connectivity index (χ3n) is 5.11. The van der Waals surface area contributed by atoms with Crippen molar-refractivity contribution in [3.05, 3.63) is 39.9 Å². The van der Waals surface area contributed by atoms with Crippen LogP contribution in [0.5, 0.6) is 5.75 Å². The van der Waals surface area contributed by atoms with E-state index in [1.807, 2.05) is 26.0 Å². The lowest BCUT2D eigenvalue weighted by molar-refractivity contribution is -0.769. The average Bonchev–Trinajstić information content (AvgIpc) is 2.71. The van der Waals surface area contributed by atoms with E-state index in [9.17, 15) is 20.0 Å². The van der Waals surface area contributed by atoms with E-state index in [2.05, 4.69) is 15.5 Å². The molecule has 1 unspecified atom stereocenters. The molecule has 0 saturated heterocycles. The standard InChI is InChI=1S/C21H33N3O6/c1-15(2)22-13-18(25)14-29-19-7-3-16(4-8-19)11-21(26)23-12-17-5-9-20(10-6-17)30-24(27)28/h3-4,7-8,15,17-18,20,22,25H,5-6,9-14H2,1-2H3,(H,23,26). The van der Waals surface area contributed by atoms with Gasteiger partial charge in [-0.2, -0.15) is 0 Å². The fourth-order valence-corrected chi connectivity index (χ4v) is 3.40. The number of amides is 1. The van der Waals surface area contributed by atoms with Crippen molar-refractivity contribution in [2.24, 2.45) is 5.92 Å². The summed E-state index contributed by atoms with van der Waals surface area (Å²) in [4.78, 5) is 27.2. The summed E-state index contributed by atoms with van der Waals surface area (Å²) in [5.74, 6) is 0.923. The lowest BCUT2D eigenvalue weighted by Gasteiger charge is -2.27. The Bertz CT molecular complexity index is 659. The molecule has 168 valence electrons. The van der Waals surface area contributed by atoms with Crippen molar-refractivity contribution >= 4 is 5.91 Å². The molecule has 1 aromatic carbocycles. The van der Waals surface area contributed by atoms with Crippen molar-refractivity contribution in [1.29, 1.82) is 0 Å². The molecule has 0 bridgehead atoms. The predicted octanol–water partition coefficient (Wildman–Crippen LogP) is 1.85. The second kappa shape index (κ2) is 12.3. The summed E-state index contributed by atoms with van der Waals surface area (Å²) >= 11 is 0. The Balaban J connectivity index is 1.64. The quantitative estimate of drug-likeness (QED) is 0.346.